The molecule has 0 bridgehead atoms. The van der Waals surface area contributed by atoms with E-state index in [0.29, 0.717) is 24.6 Å². The molecule has 1 saturated carbocycles. The first-order valence-electron chi connectivity index (χ1n) is 7.23. The minimum atomic E-state index is -4.00. The number of hydrogen-bond acceptors (Lipinski definition) is 4. The molecule has 1 aromatic heterocycles. The number of H-pyrrole nitrogens is 1. The molecule has 1 heterocycles. The molecule has 118 valence electrons. The van der Waals surface area contributed by atoms with Crippen LogP contribution < -0.4 is 5.32 Å². The highest BCUT2D eigenvalue weighted by atomic mass is 35.7. The standard InChI is InChI=1S/C13H20ClN3O3S/c1-2-10-12(21(14,19)20)11(17-16-10)13(18)15-8-9-6-4-3-5-7-9/h9H,2-8H2,1H3,(H,15,18)(H,16,17). The molecule has 0 saturated heterocycles. The Bertz CT molecular complexity index is 606. The number of aromatic amines is 1. The van der Waals surface area contributed by atoms with E-state index in [1.54, 1.807) is 6.92 Å². The van der Waals surface area contributed by atoms with Gasteiger partial charge in [-0.25, -0.2) is 8.42 Å². The lowest BCUT2D eigenvalue weighted by Gasteiger charge is -2.21. The van der Waals surface area contributed by atoms with Crippen LogP contribution in [0.4, 0.5) is 0 Å². The number of hydrogen-bond donors (Lipinski definition) is 2. The Kier molecular flexibility index (Phi) is 5.27. The Morgan fingerprint density at radius 3 is 2.62 bits per heavy atom. The van der Waals surface area contributed by atoms with E-state index in [1.807, 2.05) is 0 Å². The van der Waals surface area contributed by atoms with E-state index in [1.165, 1.54) is 19.3 Å². The molecule has 1 aliphatic carbocycles. The van der Waals surface area contributed by atoms with Crippen LogP contribution in [0.25, 0.3) is 0 Å². The van der Waals surface area contributed by atoms with Gasteiger partial charge in [0.15, 0.2) is 5.69 Å². The van der Waals surface area contributed by atoms with Gasteiger partial charge in [-0.3, -0.25) is 9.89 Å². The molecule has 1 aliphatic rings. The summed E-state index contributed by atoms with van der Waals surface area (Å²) in [5.41, 5.74) is 0.213. The van der Waals surface area contributed by atoms with E-state index >= 15 is 0 Å². The van der Waals surface area contributed by atoms with Crippen LogP contribution in [-0.4, -0.2) is 31.1 Å². The van der Waals surface area contributed by atoms with Crippen LogP contribution in [0, 0.1) is 5.92 Å². The third-order valence-corrected chi connectivity index (χ3v) is 5.27. The van der Waals surface area contributed by atoms with Crippen LogP contribution in [0.2, 0.25) is 0 Å². The normalized spacial score (nSPS) is 16.9. The monoisotopic (exact) mass is 333 g/mol. The summed E-state index contributed by atoms with van der Waals surface area (Å²) in [4.78, 5) is 12.0. The van der Waals surface area contributed by atoms with Gasteiger partial charge in [-0.05, 0) is 25.2 Å². The Hall–Kier alpha value is -1.08. The van der Waals surface area contributed by atoms with Crippen LogP contribution in [0.5, 0.6) is 0 Å². The van der Waals surface area contributed by atoms with Crippen molar-refractivity contribution in [2.24, 2.45) is 5.92 Å². The molecule has 0 atom stereocenters. The van der Waals surface area contributed by atoms with E-state index in [0.717, 1.165) is 12.8 Å². The number of nitrogens with zero attached hydrogens (tertiary/aromatic N) is 1. The molecule has 0 radical (unpaired) electrons. The number of aromatic nitrogens is 2. The average Bonchev–Trinajstić information content (AvgIpc) is 2.90. The van der Waals surface area contributed by atoms with Crippen LogP contribution in [0.15, 0.2) is 4.90 Å². The predicted molar refractivity (Wildman–Crippen MR) is 79.9 cm³/mol. The third-order valence-electron chi connectivity index (χ3n) is 3.88. The Balaban J connectivity index is 2.10. The number of halogens is 1. The van der Waals surface area contributed by atoms with Crippen molar-refractivity contribution < 1.29 is 13.2 Å². The summed E-state index contributed by atoms with van der Waals surface area (Å²) in [6, 6.07) is 0. The summed E-state index contributed by atoms with van der Waals surface area (Å²) >= 11 is 0. The smallest absolute Gasteiger partial charge is 0.273 e. The summed E-state index contributed by atoms with van der Waals surface area (Å²) < 4.78 is 23.3. The van der Waals surface area contributed by atoms with Gasteiger partial charge < -0.3 is 5.32 Å². The fourth-order valence-corrected chi connectivity index (χ4v) is 4.09. The minimum absolute atomic E-state index is 0.141. The fourth-order valence-electron chi connectivity index (χ4n) is 2.74. The first-order valence-corrected chi connectivity index (χ1v) is 9.54. The second-order valence-corrected chi connectivity index (χ2v) is 7.89. The van der Waals surface area contributed by atoms with Crippen molar-refractivity contribution in [2.45, 2.75) is 50.3 Å². The van der Waals surface area contributed by atoms with Crippen molar-refractivity contribution in [3.8, 4) is 0 Å². The van der Waals surface area contributed by atoms with Crippen molar-refractivity contribution in [3.05, 3.63) is 11.4 Å². The van der Waals surface area contributed by atoms with Gasteiger partial charge in [-0.15, -0.1) is 0 Å². The second kappa shape index (κ2) is 6.79. The van der Waals surface area contributed by atoms with E-state index in [2.05, 4.69) is 15.5 Å². The lowest BCUT2D eigenvalue weighted by atomic mass is 9.89. The lowest BCUT2D eigenvalue weighted by molar-refractivity contribution is 0.0935. The molecule has 2 rings (SSSR count). The van der Waals surface area contributed by atoms with E-state index < -0.39 is 15.0 Å². The van der Waals surface area contributed by atoms with Crippen molar-refractivity contribution in [1.29, 1.82) is 0 Å². The number of carbonyl (C=O) groups is 1. The highest BCUT2D eigenvalue weighted by Crippen LogP contribution is 2.24. The van der Waals surface area contributed by atoms with Crippen molar-refractivity contribution in [1.82, 2.24) is 15.5 Å². The molecular weight excluding hydrogens is 314 g/mol. The molecule has 21 heavy (non-hydrogen) atoms. The summed E-state index contributed by atoms with van der Waals surface area (Å²) in [5, 5.41) is 9.17. The summed E-state index contributed by atoms with van der Waals surface area (Å²) in [5.74, 6) is -0.0286. The van der Waals surface area contributed by atoms with Gasteiger partial charge >= 0.3 is 0 Å². The van der Waals surface area contributed by atoms with Gasteiger partial charge in [0.25, 0.3) is 15.0 Å². The maximum atomic E-state index is 12.2. The van der Waals surface area contributed by atoms with Gasteiger partial charge in [0.05, 0.1) is 5.69 Å². The highest BCUT2D eigenvalue weighted by Gasteiger charge is 2.28. The van der Waals surface area contributed by atoms with Crippen LogP contribution in [-0.2, 0) is 15.5 Å². The molecule has 0 spiro atoms. The van der Waals surface area contributed by atoms with Gasteiger partial charge in [0.1, 0.15) is 4.90 Å². The van der Waals surface area contributed by atoms with Gasteiger partial charge in [-0.1, -0.05) is 26.2 Å². The number of aryl methyl sites for hydroxylation is 1. The molecule has 1 aromatic rings. The topological polar surface area (TPSA) is 91.9 Å². The van der Waals surface area contributed by atoms with Crippen molar-refractivity contribution >= 4 is 25.6 Å². The molecule has 2 N–H and O–H groups in total. The Labute approximate surface area is 129 Å². The molecular formula is C13H20ClN3O3S. The van der Waals surface area contributed by atoms with Crippen LogP contribution in [0.1, 0.15) is 55.2 Å². The van der Waals surface area contributed by atoms with E-state index in [-0.39, 0.29) is 10.6 Å². The van der Waals surface area contributed by atoms with E-state index in [4.69, 9.17) is 10.7 Å². The predicted octanol–water partition coefficient (Wildman–Crippen LogP) is 2.21. The van der Waals surface area contributed by atoms with Crippen LogP contribution >= 0.6 is 10.7 Å². The zero-order valence-corrected chi connectivity index (χ0v) is 13.6. The first-order chi connectivity index (χ1) is 9.93. The Morgan fingerprint density at radius 1 is 1.38 bits per heavy atom. The molecule has 0 aliphatic heterocycles. The number of nitrogens with one attached hydrogen (secondary N) is 2. The summed E-state index contributed by atoms with van der Waals surface area (Å²) in [7, 11) is 1.41. The zero-order chi connectivity index (χ0) is 15.5. The molecule has 8 heteroatoms. The van der Waals surface area contributed by atoms with Crippen LogP contribution in [0.3, 0.4) is 0 Å². The van der Waals surface area contributed by atoms with E-state index in [9.17, 15) is 13.2 Å². The van der Waals surface area contributed by atoms with Crippen molar-refractivity contribution in [3.63, 3.8) is 0 Å². The Morgan fingerprint density at radius 2 is 2.05 bits per heavy atom. The van der Waals surface area contributed by atoms with Gasteiger partial charge in [-0.2, -0.15) is 5.10 Å². The molecule has 6 nitrogen and oxygen atoms in total. The average molecular weight is 334 g/mol. The SMILES string of the molecule is CCc1[nH]nc(C(=O)NCC2CCCCC2)c1S(=O)(=O)Cl. The highest BCUT2D eigenvalue weighted by molar-refractivity contribution is 8.13. The third kappa shape index (κ3) is 3.97. The first kappa shape index (κ1) is 16.3. The maximum absolute atomic E-state index is 12.2. The summed E-state index contributed by atoms with van der Waals surface area (Å²) in [6.45, 7) is 2.32. The minimum Gasteiger partial charge on any atom is -0.350 e. The molecule has 0 unspecified atom stereocenters. The largest absolute Gasteiger partial charge is 0.350 e. The second-order valence-electron chi connectivity index (χ2n) is 5.39. The molecule has 1 amide bonds. The summed E-state index contributed by atoms with van der Waals surface area (Å²) in [6.07, 6.45) is 6.22. The lowest BCUT2D eigenvalue weighted by Crippen LogP contribution is -2.31. The maximum Gasteiger partial charge on any atom is 0.273 e. The number of carbonyl (C=O) groups excluding carboxylic acids is 1. The van der Waals surface area contributed by atoms with Gasteiger partial charge in [0.2, 0.25) is 0 Å². The molecule has 1 fully saturated rings. The quantitative estimate of drug-likeness (QED) is 0.808. The fraction of sp³-hybridized carbons (Fsp3) is 0.692. The molecule has 0 aromatic carbocycles. The zero-order valence-electron chi connectivity index (χ0n) is 12.0. The van der Waals surface area contributed by atoms with Crippen molar-refractivity contribution in [2.75, 3.05) is 6.54 Å². The van der Waals surface area contributed by atoms with Gasteiger partial charge in [0, 0.05) is 17.2 Å². The number of rotatable bonds is 5. The number of amides is 1.